The minimum absolute atomic E-state index is 0.0574. The fourth-order valence-corrected chi connectivity index (χ4v) is 2.36. The van der Waals surface area contributed by atoms with Crippen LogP contribution in [0.25, 0.3) is 0 Å². The van der Waals surface area contributed by atoms with Crippen LogP contribution in [0.15, 0.2) is 18.2 Å². The summed E-state index contributed by atoms with van der Waals surface area (Å²) in [7, 11) is 0. The molecule has 0 amide bonds. The number of hydrogen-bond donors (Lipinski definition) is 0. The van der Waals surface area contributed by atoms with Crippen molar-refractivity contribution >= 4 is 6.29 Å². The van der Waals surface area contributed by atoms with Crippen LogP contribution in [0, 0.1) is 0 Å². The lowest BCUT2D eigenvalue weighted by molar-refractivity contribution is -0.0329. The van der Waals surface area contributed by atoms with E-state index in [1.54, 1.807) is 18.2 Å². The Hall–Kier alpha value is -1.55. The molecule has 1 fully saturated rings. The van der Waals surface area contributed by atoms with Crippen molar-refractivity contribution in [3.63, 3.8) is 0 Å². The fraction of sp³-hybridized carbons (Fsp3) is 0.562. The van der Waals surface area contributed by atoms with E-state index < -0.39 is 0 Å². The molecule has 0 saturated carbocycles. The predicted molar refractivity (Wildman–Crippen MR) is 76.7 cm³/mol. The molecule has 0 spiro atoms. The minimum atomic E-state index is -0.0574. The van der Waals surface area contributed by atoms with Gasteiger partial charge in [-0.15, -0.1) is 0 Å². The third-order valence-corrected chi connectivity index (χ3v) is 3.38. The molecule has 0 aliphatic carbocycles. The molecule has 1 aromatic rings. The van der Waals surface area contributed by atoms with Gasteiger partial charge in [-0.2, -0.15) is 0 Å². The number of aldehydes is 1. The molecule has 2 rings (SSSR count). The van der Waals surface area contributed by atoms with Gasteiger partial charge in [0.05, 0.1) is 18.3 Å². The topological polar surface area (TPSA) is 44.8 Å². The van der Waals surface area contributed by atoms with Gasteiger partial charge in [0.15, 0.2) is 11.5 Å². The van der Waals surface area contributed by atoms with Crippen LogP contribution in [-0.2, 0) is 4.74 Å². The molecule has 1 atom stereocenters. The van der Waals surface area contributed by atoms with E-state index >= 15 is 0 Å². The van der Waals surface area contributed by atoms with Gasteiger partial charge in [0, 0.05) is 5.56 Å². The molecule has 4 heteroatoms. The minimum Gasteiger partial charge on any atom is -0.490 e. The van der Waals surface area contributed by atoms with Crippen LogP contribution in [0.2, 0.25) is 0 Å². The Bertz CT molecular complexity index is 468. The SMILES string of the molecule is CCOc1cc(C=O)ccc1OCC1CCC(C)(C)O1. The zero-order valence-corrected chi connectivity index (χ0v) is 12.3. The van der Waals surface area contributed by atoms with Crippen LogP contribution in [0.1, 0.15) is 44.0 Å². The van der Waals surface area contributed by atoms with Gasteiger partial charge in [-0.1, -0.05) is 0 Å². The Morgan fingerprint density at radius 3 is 2.75 bits per heavy atom. The molecule has 1 aliphatic heterocycles. The molecule has 1 heterocycles. The molecule has 110 valence electrons. The first kappa shape index (κ1) is 14.9. The summed E-state index contributed by atoms with van der Waals surface area (Å²) in [6.07, 6.45) is 2.96. The maximum absolute atomic E-state index is 10.8. The van der Waals surface area contributed by atoms with Gasteiger partial charge in [0.25, 0.3) is 0 Å². The summed E-state index contributed by atoms with van der Waals surface area (Å²) in [5, 5.41) is 0. The smallest absolute Gasteiger partial charge is 0.161 e. The van der Waals surface area contributed by atoms with E-state index in [4.69, 9.17) is 14.2 Å². The quantitative estimate of drug-likeness (QED) is 0.749. The molecule has 4 nitrogen and oxygen atoms in total. The van der Waals surface area contributed by atoms with Gasteiger partial charge in [-0.25, -0.2) is 0 Å². The monoisotopic (exact) mass is 278 g/mol. The number of ether oxygens (including phenoxy) is 3. The molecule has 0 bridgehead atoms. The molecule has 0 radical (unpaired) electrons. The number of carbonyl (C=O) groups is 1. The molecule has 1 unspecified atom stereocenters. The highest BCUT2D eigenvalue weighted by Crippen LogP contribution is 2.32. The first-order valence-electron chi connectivity index (χ1n) is 7.06. The van der Waals surface area contributed by atoms with Crippen LogP contribution >= 0.6 is 0 Å². The lowest BCUT2D eigenvalue weighted by atomic mass is 10.1. The van der Waals surface area contributed by atoms with Crippen LogP contribution in [0.3, 0.4) is 0 Å². The van der Waals surface area contributed by atoms with Gasteiger partial charge in [0.1, 0.15) is 12.9 Å². The van der Waals surface area contributed by atoms with Gasteiger partial charge >= 0.3 is 0 Å². The molecule has 0 N–H and O–H groups in total. The first-order valence-corrected chi connectivity index (χ1v) is 7.06. The fourth-order valence-electron chi connectivity index (χ4n) is 2.36. The summed E-state index contributed by atoms with van der Waals surface area (Å²) in [5.74, 6) is 1.26. The third-order valence-electron chi connectivity index (χ3n) is 3.38. The highest BCUT2D eigenvalue weighted by molar-refractivity contribution is 5.76. The van der Waals surface area contributed by atoms with Gasteiger partial charge < -0.3 is 14.2 Å². The van der Waals surface area contributed by atoms with Crippen molar-refractivity contribution in [2.24, 2.45) is 0 Å². The molecular weight excluding hydrogens is 256 g/mol. The van der Waals surface area contributed by atoms with Crippen molar-refractivity contribution in [2.45, 2.75) is 45.3 Å². The molecular formula is C16H22O4. The van der Waals surface area contributed by atoms with Crippen molar-refractivity contribution < 1.29 is 19.0 Å². The van der Waals surface area contributed by atoms with Crippen LogP contribution < -0.4 is 9.47 Å². The average molecular weight is 278 g/mol. The zero-order chi connectivity index (χ0) is 14.6. The van der Waals surface area contributed by atoms with E-state index in [1.165, 1.54) is 0 Å². The Balaban J connectivity index is 2.00. The molecule has 1 aliphatic rings. The van der Waals surface area contributed by atoms with Crippen molar-refractivity contribution in [1.29, 1.82) is 0 Å². The molecule has 0 aromatic heterocycles. The van der Waals surface area contributed by atoms with Crippen molar-refractivity contribution in [1.82, 2.24) is 0 Å². The van der Waals surface area contributed by atoms with E-state index in [2.05, 4.69) is 13.8 Å². The normalized spacial score (nSPS) is 20.6. The lowest BCUT2D eigenvalue weighted by Gasteiger charge is -2.20. The lowest BCUT2D eigenvalue weighted by Crippen LogP contribution is -2.24. The summed E-state index contributed by atoms with van der Waals surface area (Å²) in [6.45, 7) is 7.13. The van der Waals surface area contributed by atoms with E-state index in [0.717, 1.165) is 19.1 Å². The van der Waals surface area contributed by atoms with Crippen molar-refractivity contribution in [3.8, 4) is 11.5 Å². The largest absolute Gasteiger partial charge is 0.490 e. The van der Waals surface area contributed by atoms with E-state index in [9.17, 15) is 4.79 Å². The van der Waals surface area contributed by atoms with Crippen molar-refractivity contribution in [3.05, 3.63) is 23.8 Å². The highest BCUT2D eigenvalue weighted by atomic mass is 16.6. The van der Waals surface area contributed by atoms with E-state index in [1.807, 2.05) is 6.92 Å². The number of benzene rings is 1. The maximum atomic E-state index is 10.8. The standard InChI is InChI=1S/C16H22O4/c1-4-18-15-9-12(10-17)5-6-14(15)19-11-13-7-8-16(2,3)20-13/h5-6,9-10,13H,4,7-8,11H2,1-3H3. The predicted octanol–water partition coefficient (Wildman–Crippen LogP) is 3.23. The van der Waals surface area contributed by atoms with Crippen LogP contribution in [-0.4, -0.2) is 31.2 Å². The first-order chi connectivity index (χ1) is 9.54. The Labute approximate surface area is 120 Å². The Morgan fingerprint density at radius 1 is 1.35 bits per heavy atom. The van der Waals surface area contributed by atoms with Crippen LogP contribution in [0.4, 0.5) is 0 Å². The molecule has 1 aromatic carbocycles. The van der Waals surface area contributed by atoms with Crippen molar-refractivity contribution in [2.75, 3.05) is 13.2 Å². The Kier molecular flexibility index (Phi) is 4.65. The van der Waals surface area contributed by atoms with E-state index in [-0.39, 0.29) is 11.7 Å². The zero-order valence-electron chi connectivity index (χ0n) is 12.3. The third kappa shape index (κ3) is 3.73. The second-order valence-corrected chi connectivity index (χ2v) is 5.61. The van der Waals surface area contributed by atoms with E-state index in [0.29, 0.717) is 30.3 Å². The summed E-state index contributed by atoms with van der Waals surface area (Å²) in [4.78, 5) is 10.8. The summed E-state index contributed by atoms with van der Waals surface area (Å²) >= 11 is 0. The van der Waals surface area contributed by atoms with Gasteiger partial charge in [-0.3, -0.25) is 4.79 Å². The maximum Gasteiger partial charge on any atom is 0.161 e. The Morgan fingerprint density at radius 2 is 2.15 bits per heavy atom. The van der Waals surface area contributed by atoms with Crippen LogP contribution in [0.5, 0.6) is 11.5 Å². The molecule has 1 saturated heterocycles. The van der Waals surface area contributed by atoms with Gasteiger partial charge in [0.2, 0.25) is 0 Å². The second-order valence-electron chi connectivity index (χ2n) is 5.61. The van der Waals surface area contributed by atoms with Gasteiger partial charge in [-0.05, 0) is 51.8 Å². The molecule has 20 heavy (non-hydrogen) atoms. The summed E-state index contributed by atoms with van der Waals surface area (Å²) in [5.41, 5.74) is 0.525. The summed E-state index contributed by atoms with van der Waals surface area (Å²) < 4.78 is 17.2. The second kappa shape index (κ2) is 6.27. The average Bonchev–Trinajstić information content (AvgIpc) is 2.77. The number of hydrogen-bond acceptors (Lipinski definition) is 4. The number of rotatable bonds is 6. The summed E-state index contributed by atoms with van der Waals surface area (Å²) in [6, 6.07) is 5.20. The number of carbonyl (C=O) groups excluding carboxylic acids is 1. The highest BCUT2D eigenvalue weighted by Gasteiger charge is 2.32.